The molecule has 0 bridgehead atoms. The van der Waals surface area contributed by atoms with Gasteiger partial charge in [-0.3, -0.25) is 20.1 Å². The van der Waals surface area contributed by atoms with Crippen LogP contribution in [-0.2, 0) is 6.54 Å². The van der Waals surface area contributed by atoms with Gasteiger partial charge in [0.1, 0.15) is 11.6 Å². The van der Waals surface area contributed by atoms with E-state index in [1.165, 1.54) is 24.7 Å². The van der Waals surface area contributed by atoms with E-state index in [2.05, 4.69) is 25.9 Å². The van der Waals surface area contributed by atoms with Gasteiger partial charge >= 0.3 is 6.03 Å². The molecule has 0 saturated heterocycles. The molecular weight excluding hydrogens is 390 g/mol. The number of allylic oxidation sites excluding steroid dienone is 1. The zero-order chi connectivity index (χ0) is 20.6. The summed E-state index contributed by atoms with van der Waals surface area (Å²) >= 11 is 1.39. The molecule has 3 amide bonds. The van der Waals surface area contributed by atoms with Crippen LogP contribution in [0.1, 0.15) is 22.2 Å². The van der Waals surface area contributed by atoms with Crippen LogP contribution in [0.4, 0.5) is 10.5 Å². The quantitative estimate of drug-likeness (QED) is 0.704. The molecule has 0 atom stereocenters. The van der Waals surface area contributed by atoms with Gasteiger partial charge in [-0.2, -0.15) is 0 Å². The van der Waals surface area contributed by atoms with E-state index in [0.717, 1.165) is 11.3 Å². The van der Waals surface area contributed by atoms with Crippen LogP contribution in [0.3, 0.4) is 0 Å². The molecule has 1 aliphatic rings. The zero-order valence-corrected chi connectivity index (χ0v) is 16.9. The number of aliphatic imine (C=N–C) groups is 2. The fraction of sp³-hybridized carbons (Fsp3) is 0.200. The molecule has 0 radical (unpaired) electrons. The van der Waals surface area contributed by atoms with Crippen molar-refractivity contribution < 1.29 is 14.3 Å². The minimum absolute atomic E-state index is 0.129. The Balaban J connectivity index is 1.59. The maximum Gasteiger partial charge on any atom is 0.324 e. The summed E-state index contributed by atoms with van der Waals surface area (Å²) in [6.07, 6.45) is 3.37. The molecule has 2 heterocycles. The number of carbonyl (C=O) groups is 2. The zero-order valence-electron chi connectivity index (χ0n) is 16.1. The molecule has 2 aromatic rings. The molecule has 1 aliphatic heterocycles. The van der Waals surface area contributed by atoms with Crippen LogP contribution in [0.15, 0.2) is 57.5 Å². The van der Waals surface area contributed by atoms with Crippen molar-refractivity contribution in [1.82, 2.24) is 10.6 Å². The third kappa shape index (κ3) is 5.76. The molecule has 1 aromatic carbocycles. The van der Waals surface area contributed by atoms with Crippen LogP contribution in [0.2, 0.25) is 0 Å². The first-order valence-corrected chi connectivity index (χ1v) is 9.75. The summed E-state index contributed by atoms with van der Waals surface area (Å²) in [5, 5.41) is 10.1. The van der Waals surface area contributed by atoms with Crippen molar-refractivity contribution in [2.75, 3.05) is 19.0 Å². The van der Waals surface area contributed by atoms with Gasteiger partial charge in [0, 0.05) is 12.2 Å². The third-order valence-electron chi connectivity index (χ3n) is 3.99. The number of urea groups is 1. The highest BCUT2D eigenvalue weighted by molar-refractivity contribution is 7.12. The largest absolute Gasteiger partial charge is 0.495 e. The first-order valence-electron chi connectivity index (χ1n) is 8.87. The van der Waals surface area contributed by atoms with Crippen LogP contribution >= 0.6 is 11.3 Å². The second-order valence-corrected chi connectivity index (χ2v) is 7.05. The van der Waals surface area contributed by atoms with Crippen molar-refractivity contribution in [3.63, 3.8) is 0 Å². The van der Waals surface area contributed by atoms with E-state index in [9.17, 15) is 9.59 Å². The van der Waals surface area contributed by atoms with E-state index in [0.29, 0.717) is 35.2 Å². The molecule has 3 rings (SSSR count). The molecule has 9 heteroatoms. The molecule has 0 aliphatic carbocycles. The molecule has 0 fully saturated rings. The Hall–Kier alpha value is -3.46. The number of amidine groups is 1. The van der Waals surface area contributed by atoms with Gasteiger partial charge in [0.05, 0.1) is 30.4 Å². The van der Waals surface area contributed by atoms with Crippen molar-refractivity contribution in [1.29, 1.82) is 0 Å². The number of nitrogens with one attached hydrogen (secondary N) is 3. The number of benzene rings is 1. The molecule has 8 nitrogen and oxygen atoms in total. The molecule has 0 spiro atoms. The van der Waals surface area contributed by atoms with Crippen LogP contribution in [-0.4, -0.2) is 37.6 Å². The lowest BCUT2D eigenvalue weighted by atomic mass is 10.2. The molecular formula is C20H21N5O3S. The van der Waals surface area contributed by atoms with E-state index in [1.54, 1.807) is 18.2 Å². The summed E-state index contributed by atoms with van der Waals surface area (Å²) in [6.45, 7) is 2.67. The number of hydrogen-bond donors (Lipinski definition) is 3. The fourth-order valence-electron chi connectivity index (χ4n) is 2.50. The minimum atomic E-state index is -0.452. The predicted octanol–water partition coefficient (Wildman–Crippen LogP) is 3.19. The Morgan fingerprint density at radius 1 is 1.24 bits per heavy atom. The number of amides is 3. The lowest BCUT2D eigenvalue weighted by Gasteiger charge is -2.13. The van der Waals surface area contributed by atoms with Gasteiger partial charge in [-0.25, -0.2) is 4.79 Å². The lowest BCUT2D eigenvalue weighted by Crippen LogP contribution is -2.35. The van der Waals surface area contributed by atoms with Gasteiger partial charge in [0.2, 0.25) is 0 Å². The van der Waals surface area contributed by atoms with Gasteiger partial charge in [-0.05, 0) is 42.1 Å². The van der Waals surface area contributed by atoms with Crippen molar-refractivity contribution in [3.8, 4) is 5.75 Å². The number of thiophene rings is 1. The fourth-order valence-corrected chi connectivity index (χ4v) is 3.14. The van der Waals surface area contributed by atoms with Crippen molar-refractivity contribution in [2.24, 2.45) is 9.98 Å². The Kier molecular flexibility index (Phi) is 6.75. The van der Waals surface area contributed by atoms with Crippen LogP contribution < -0.4 is 20.7 Å². The molecule has 150 valence electrons. The van der Waals surface area contributed by atoms with Gasteiger partial charge in [0.15, 0.2) is 0 Å². The summed E-state index contributed by atoms with van der Waals surface area (Å²) in [6, 6.07) is 8.45. The highest BCUT2D eigenvalue weighted by Crippen LogP contribution is 2.25. The van der Waals surface area contributed by atoms with Crippen LogP contribution in [0.25, 0.3) is 0 Å². The standard InChI is InChI=1S/C20H21N5O3S/c1-13-7-8-21-18(12-22-13)25-20(27)24-15-6-5-14(10-16(15)28-2)11-23-19(26)17-4-3-9-29-17/h3-7,9-10,12H,8,11H2,1-2H3,(H,23,26)(H2,21,24,25,27). The number of carbonyl (C=O) groups excluding carboxylic acids is 2. The summed E-state index contributed by atoms with van der Waals surface area (Å²) in [5.74, 6) is 0.732. The molecule has 0 unspecified atom stereocenters. The van der Waals surface area contributed by atoms with Crippen molar-refractivity contribution in [2.45, 2.75) is 13.5 Å². The number of nitrogens with zero attached hydrogens (tertiary/aromatic N) is 2. The van der Waals surface area contributed by atoms with E-state index in [-0.39, 0.29) is 5.91 Å². The second-order valence-electron chi connectivity index (χ2n) is 6.10. The monoisotopic (exact) mass is 411 g/mol. The van der Waals surface area contributed by atoms with E-state index in [1.807, 2.05) is 30.5 Å². The smallest absolute Gasteiger partial charge is 0.324 e. The average Bonchev–Trinajstić information content (AvgIpc) is 3.18. The van der Waals surface area contributed by atoms with Crippen molar-refractivity contribution in [3.05, 3.63) is 57.9 Å². The second kappa shape index (κ2) is 9.65. The number of hydrogen-bond acceptors (Lipinski definition) is 6. The summed E-state index contributed by atoms with van der Waals surface area (Å²) in [7, 11) is 1.52. The average molecular weight is 411 g/mol. The Bertz CT molecular complexity index is 980. The highest BCUT2D eigenvalue weighted by Gasteiger charge is 2.11. The van der Waals surface area contributed by atoms with Gasteiger partial charge in [-0.1, -0.05) is 12.1 Å². The predicted molar refractivity (Wildman–Crippen MR) is 115 cm³/mol. The SMILES string of the molecule is COc1cc(CNC(=O)c2cccs2)ccc1NC(=O)NC1=NCC=C(C)N=C1. The number of anilines is 1. The summed E-state index contributed by atoms with van der Waals surface area (Å²) in [4.78, 5) is 33.4. The van der Waals surface area contributed by atoms with E-state index < -0.39 is 6.03 Å². The summed E-state index contributed by atoms with van der Waals surface area (Å²) < 4.78 is 5.37. The Morgan fingerprint density at radius 3 is 2.86 bits per heavy atom. The number of methoxy groups -OCH3 is 1. The van der Waals surface area contributed by atoms with Crippen LogP contribution in [0.5, 0.6) is 5.75 Å². The molecule has 0 saturated carbocycles. The summed E-state index contributed by atoms with van der Waals surface area (Å²) in [5.41, 5.74) is 2.19. The lowest BCUT2D eigenvalue weighted by molar-refractivity contribution is 0.0955. The molecule has 29 heavy (non-hydrogen) atoms. The van der Waals surface area contributed by atoms with Gasteiger partial charge in [0.25, 0.3) is 5.91 Å². The van der Waals surface area contributed by atoms with E-state index in [4.69, 9.17) is 4.74 Å². The minimum Gasteiger partial charge on any atom is -0.495 e. The van der Waals surface area contributed by atoms with Crippen LogP contribution in [0, 0.1) is 0 Å². The third-order valence-corrected chi connectivity index (χ3v) is 4.86. The Labute approximate surface area is 172 Å². The normalized spacial score (nSPS) is 13.0. The number of rotatable bonds is 5. The topological polar surface area (TPSA) is 104 Å². The Morgan fingerprint density at radius 2 is 2.10 bits per heavy atom. The van der Waals surface area contributed by atoms with Gasteiger partial charge < -0.3 is 15.4 Å². The molecule has 1 aromatic heterocycles. The van der Waals surface area contributed by atoms with E-state index >= 15 is 0 Å². The molecule has 3 N–H and O–H groups in total. The maximum absolute atomic E-state index is 12.3. The van der Waals surface area contributed by atoms with Crippen molar-refractivity contribution >= 4 is 41.0 Å². The first kappa shape index (κ1) is 20.3. The number of ether oxygens (including phenoxy) is 1. The first-order chi connectivity index (χ1) is 14.0. The van der Waals surface area contributed by atoms with Gasteiger partial charge in [-0.15, -0.1) is 11.3 Å². The maximum atomic E-state index is 12.3. The highest BCUT2D eigenvalue weighted by atomic mass is 32.1.